The lowest BCUT2D eigenvalue weighted by molar-refractivity contribution is 0.328. The summed E-state index contributed by atoms with van der Waals surface area (Å²) in [4.78, 5) is 7.33. The minimum Gasteiger partial charge on any atom is -0.353 e. The fourth-order valence-corrected chi connectivity index (χ4v) is 2.08. The highest BCUT2D eigenvalue weighted by molar-refractivity contribution is 7.80. The quantitative estimate of drug-likeness (QED) is 0.645. The fraction of sp³-hybridized carbons (Fsp3) is 0.800. The highest BCUT2D eigenvalue weighted by Crippen LogP contribution is 2.17. The van der Waals surface area contributed by atoms with Crippen LogP contribution in [-0.2, 0) is 0 Å². The highest BCUT2D eigenvalue weighted by atomic mass is 32.1. The van der Waals surface area contributed by atoms with E-state index in [1.807, 2.05) is 6.34 Å². The van der Waals surface area contributed by atoms with Gasteiger partial charge in [-0.05, 0) is 12.3 Å². The van der Waals surface area contributed by atoms with Gasteiger partial charge in [-0.2, -0.15) is 0 Å². The van der Waals surface area contributed by atoms with E-state index in [1.165, 1.54) is 12.8 Å². The summed E-state index contributed by atoms with van der Waals surface area (Å²) in [6, 6.07) is 0.363. The van der Waals surface area contributed by atoms with E-state index < -0.39 is 0 Å². The molecule has 0 bridgehead atoms. The third-order valence-corrected chi connectivity index (χ3v) is 2.69. The number of rotatable bonds is 4. The maximum absolute atomic E-state index is 5.20. The first-order valence-electron chi connectivity index (χ1n) is 5.00. The van der Waals surface area contributed by atoms with E-state index in [0.717, 1.165) is 11.5 Å². The van der Waals surface area contributed by atoms with Crippen LogP contribution in [0.4, 0.5) is 0 Å². The Kier molecular flexibility index (Phi) is 3.85. The Morgan fingerprint density at radius 2 is 2.31 bits per heavy atom. The van der Waals surface area contributed by atoms with E-state index in [-0.39, 0.29) is 0 Å². The monoisotopic (exact) mass is 198 g/mol. The first-order chi connectivity index (χ1) is 6.16. The van der Waals surface area contributed by atoms with Crippen molar-refractivity contribution >= 4 is 23.5 Å². The molecule has 0 N–H and O–H groups in total. The number of thiocarbonyl (C=S) groups is 1. The van der Waals surface area contributed by atoms with E-state index in [9.17, 15) is 0 Å². The van der Waals surface area contributed by atoms with Crippen LogP contribution in [0.1, 0.15) is 33.6 Å². The average molecular weight is 198 g/mol. The molecule has 0 radical (unpaired) electrons. The van der Waals surface area contributed by atoms with Crippen molar-refractivity contribution in [2.24, 2.45) is 10.9 Å². The normalized spacial score (nSPS) is 22.0. The van der Waals surface area contributed by atoms with Gasteiger partial charge in [0.15, 0.2) is 0 Å². The van der Waals surface area contributed by atoms with Crippen LogP contribution in [-0.4, -0.2) is 28.8 Å². The molecule has 1 atom stereocenters. The molecule has 1 unspecified atom stereocenters. The lowest BCUT2D eigenvalue weighted by atomic mass is 10.0. The van der Waals surface area contributed by atoms with Crippen LogP contribution in [0.15, 0.2) is 4.99 Å². The first kappa shape index (κ1) is 10.6. The predicted molar refractivity (Wildman–Crippen MR) is 61.3 cm³/mol. The van der Waals surface area contributed by atoms with Crippen molar-refractivity contribution in [3.63, 3.8) is 0 Å². The molecule has 0 saturated carbocycles. The van der Waals surface area contributed by atoms with Gasteiger partial charge in [-0.25, -0.2) is 4.99 Å². The average Bonchev–Trinajstić information content (AvgIpc) is 2.43. The second-order valence-corrected chi connectivity index (χ2v) is 4.28. The summed E-state index contributed by atoms with van der Waals surface area (Å²) in [5.74, 6) is 0.562. The molecule has 2 nitrogen and oxygen atoms in total. The number of nitrogens with zero attached hydrogens (tertiary/aromatic N) is 2. The summed E-state index contributed by atoms with van der Waals surface area (Å²) in [6.07, 6.45) is 4.35. The second-order valence-electron chi connectivity index (χ2n) is 3.86. The molecule has 0 aromatic carbocycles. The molecule has 0 fully saturated rings. The van der Waals surface area contributed by atoms with Gasteiger partial charge < -0.3 is 4.90 Å². The maximum Gasteiger partial charge on any atom is 0.127 e. The molecule has 3 heteroatoms. The Bertz CT molecular complexity index is 211. The van der Waals surface area contributed by atoms with E-state index >= 15 is 0 Å². The van der Waals surface area contributed by atoms with Crippen LogP contribution in [0.3, 0.4) is 0 Å². The van der Waals surface area contributed by atoms with Gasteiger partial charge >= 0.3 is 0 Å². The molecule has 1 aliphatic rings. The Balaban J connectivity index is 2.53. The van der Waals surface area contributed by atoms with Crippen molar-refractivity contribution in [2.45, 2.75) is 39.7 Å². The summed E-state index contributed by atoms with van der Waals surface area (Å²) in [7, 11) is 0. The zero-order valence-corrected chi connectivity index (χ0v) is 9.47. The summed E-state index contributed by atoms with van der Waals surface area (Å²) >= 11 is 5.20. The van der Waals surface area contributed by atoms with Gasteiger partial charge in [0, 0.05) is 6.54 Å². The molecule has 0 aromatic rings. The van der Waals surface area contributed by atoms with Crippen molar-refractivity contribution < 1.29 is 0 Å². The molecule has 1 rings (SSSR count). The minimum atomic E-state index is 0.363. The zero-order valence-electron chi connectivity index (χ0n) is 8.66. The van der Waals surface area contributed by atoms with E-state index in [0.29, 0.717) is 12.0 Å². The highest BCUT2D eigenvalue weighted by Gasteiger charge is 2.27. The topological polar surface area (TPSA) is 15.6 Å². The molecular formula is C10H18N2S. The number of hydrogen-bond donors (Lipinski definition) is 0. The van der Waals surface area contributed by atoms with Gasteiger partial charge in [0.2, 0.25) is 0 Å². The SMILES string of the molecule is CCCCN1C=NC(=S)C1C(C)C. The molecule has 1 heterocycles. The van der Waals surface area contributed by atoms with Gasteiger partial charge in [0.05, 0.1) is 12.4 Å². The van der Waals surface area contributed by atoms with Crippen molar-refractivity contribution in [1.82, 2.24) is 4.90 Å². The van der Waals surface area contributed by atoms with E-state index in [4.69, 9.17) is 12.2 Å². The van der Waals surface area contributed by atoms with Gasteiger partial charge in [0.25, 0.3) is 0 Å². The molecule has 0 saturated heterocycles. The van der Waals surface area contributed by atoms with E-state index in [2.05, 4.69) is 30.7 Å². The molecule has 0 aromatic heterocycles. The third kappa shape index (κ3) is 2.50. The summed E-state index contributed by atoms with van der Waals surface area (Å²) in [6.45, 7) is 7.69. The largest absolute Gasteiger partial charge is 0.353 e. The first-order valence-corrected chi connectivity index (χ1v) is 5.41. The smallest absolute Gasteiger partial charge is 0.127 e. The number of unbranched alkanes of at least 4 members (excludes halogenated alkanes) is 1. The summed E-state index contributed by atoms with van der Waals surface area (Å²) in [5, 5.41) is 0. The molecular weight excluding hydrogens is 180 g/mol. The van der Waals surface area contributed by atoms with Gasteiger partial charge in [-0.3, -0.25) is 0 Å². The molecule has 0 aliphatic carbocycles. The van der Waals surface area contributed by atoms with Gasteiger partial charge in [0.1, 0.15) is 4.99 Å². The zero-order chi connectivity index (χ0) is 9.84. The van der Waals surface area contributed by atoms with Gasteiger partial charge in [-0.1, -0.05) is 39.4 Å². The van der Waals surface area contributed by atoms with E-state index in [1.54, 1.807) is 0 Å². The van der Waals surface area contributed by atoms with Crippen LogP contribution in [0.2, 0.25) is 0 Å². The van der Waals surface area contributed by atoms with Crippen molar-refractivity contribution in [2.75, 3.05) is 6.54 Å². The Morgan fingerprint density at radius 3 is 2.85 bits per heavy atom. The lowest BCUT2D eigenvalue weighted by Crippen LogP contribution is -2.38. The standard InChI is InChI=1S/C10H18N2S/c1-4-5-6-12-7-11-10(13)9(12)8(2)3/h7-9H,4-6H2,1-3H3. The second kappa shape index (κ2) is 4.70. The van der Waals surface area contributed by atoms with Crippen molar-refractivity contribution in [1.29, 1.82) is 0 Å². The molecule has 0 spiro atoms. The molecule has 74 valence electrons. The molecule has 1 aliphatic heterocycles. The fourth-order valence-electron chi connectivity index (χ4n) is 1.63. The van der Waals surface area contributed by atoms with Crippen LogP contribution < -0.4 is 0 Å². The Hall–Kier alpha value is -0.440. The minimum absolute atomic E-state index is 0.363. The lowest BCUT2D eigenvalue weighted by Gasteiger charge is -2.26. The van der Waals surface area contributed by atoms with Crippen LogP contribution in [0.5, 0.6) is 0 Å². The Labute approximate surface area is 86.0 Å². The number of aliphatic imine (C=N–C) groups is 1. The molecule has 0 amide bonds. The van der Waals surface area contributed by atoms with Crippen molar-refractivity contribution in [3.05, 3.63) is 0 Å². The Morgan fingerprint density at radius 1 is 1.62 bits per heavy atom. The summed E-state index contributed by atoms with van der Waals surface area (Å²) in [5.41, 5.74) is 0. The summed E-state index contributed by atoms with van der Waals surface area (Å²) < 4.78 is 0. The molecule has 13 heavy (non-hydrogen) atoms. The third-order valence-electron chi connectivity index (χ3n) is 2.34. The van der Waals surface area contributed by atoms with Gasteiger partial charge in [-0.15, -0.1) is 0 Å². The van der Waals surface area contributed by atoms with Crippen LogP contribution in [0.25, 0.3) is 0 Å². The van der Waals surface area contributed by atoms with Crippen LogP contribution >= 0.6 is 12.2 Å². The maximum atomic E-state index is 5.20. The van der Waals surface area contributed by atoms with Crippen molar-refractivity contribution in [3.8, 4) is 0 Å². The van der Waals surface area contributed by atoms with Crippen LogP contribution in [0, 0.1) is 5.92 Å². The predicted octanol–water partition coefficient (Wildman–Crippen LogP) is 2.48. The number of hydrogen-bond acceptors (Lipinski definition) is 2.